The Morgan fingerprint density at radius 1 is 1.31 bits per heavy atom. The summed E-state index contributed by atoms with van der Waals surface area (Å²) in [5, 5.41) is 7.74. The van der Waals surface area contributed by atoms with Gasteiger partial charge in [0.1, 0.15) is 22.1 Å². The molecular formula is C18H19FN4O2S. The average Bonchev–Trinajstić information content (AvgIpc) is 3.17. The van der Waals surface area contributed by atoms with Gasteiger partial charge in [-0.15, -0.1) is 11.3 Å². The molecule has 136 valence electrons. The number of aromatic nitrogens is 3. The van der Waals surface area contributed by atoms with E-state index >= 15 is 0 Å². The number of nitrogens with zero attached hydrogens (tertiary/aromatic N) is 3. The van der Waals surface area contributed by atoms with Gasteiger partial charge in [-0.3, -0.25) is 9.78 Å². The second-order valence-electron chi connectivity index (χ2n) is 5.81. The maximum absolute atomic E-state index is 13.1. The zero-order valence-electron chi connectivity index (χ0n) is 14.8. The van der Waals surface area contributed by atoms with E-state index in [2.05, 4.69) is 20.4 Å². The van der Waals surface area contributed by atoms with Crippen LogP contribution in [0.4, 0.5) is 4.39 Å². The van der Waals surface area contributed by atoms with Gasteiger partial charge in [-0.2, -0.15) is 0 Å². The van der Waals surface area contributed by atoms with Crippen LogP contribution in [-0.4, -0.2) is 27.6 Å². The molecule has 0 saturated carbocycles. The van der Waals surface area contributed by atoms with Crippen molar-refractivity contribution in [3.8, 4) is 11.4 Å². The molecule has 0 aliphatic rings. The maximum Gasteiger partial charge on any atom is 0.263 e. The third-order valence-electron chi connectivity index (χ3n) is 3.93. The Morgan fingerprint density at radius 2 is 2.12 bits per heavy atom. The molecule has 0 atom stereocenters. The lowest BCUT2D eigenvalue weighted by Crippen LogP contribution is -2.22. The minimum Gasteiger partial charge on any atom is -0.361 e. The van der Waals surface area contributed by atoms with Crippen molar-refractivity contribution < 1.29 is 13.7 Å². The summed E-state index contributed by atoms with van der Waals surface area (Å²) < 4.78 is 18.4. The number of nitrogens with one attached hydrogen (secondary N) is 1. The Kier molecular flexibility index (Phi) is 5.41. The first-order chi connectivity index (χ1) is 12.5. The lowest BCUT2D eigenvalue weighted by Gasteiger charge is -2.01. The molecule has 1 N–H and O–H groups in total. The normalized spacial score (nSPS) is 10.9. The number of halogens is 1. The molecule has 0 fully saturated rings. The number of amides is 1. The van der Waals surface area contributed by atoms with E-state index in [0.717, 1.165) is 22.5 Å². The van der Waals surface area contributed by atoms with Gasteiger partial charge in [-0.05, 0) is 39.3 Å². The summed E-state index contributed by atoms with van der Waals surface area (Å²) in [5.41, 5.74) is 2.83. The van der Waals surface area contributed by atoms with Gasteiger partial charge < -0.3 is 9.84 Å². The highest BCUT2D eigenvalue weighted by Crippen LogP contribution is 2.26. The van der Waals surface area contributed by atoms with E-state index in [1.807, 2.05) is 20.8 Å². The third-order valence-corrected chi connectivity index (χ3v) is 5.14. The molecule has 6 nitrogen and oxygen atoms in total. The summed E-state index contributed by atoms with van der Waals surface area (Å²) in [7, 11) is 0. The van der Waals surface area contributed by atoms with Crippen molar-refractivity contribution >= 4 is 17.2 Å². The van der Waals surface area contributed by atoms with Gasteiger partial charge in [-0.1, -0.05) is 5.16 Å². The van der Waals surface area contributed by atoms with Crippen molar-refractivity contribution in [2.75, 3.05) is 6.54 Å². The number of pyridine rings is 1. The fraction of sp³-hybridized carbons (Fsp3) is 0.333. The predicted octanol–water partition coefficient (Wildman–Crippen LogP) is 3.48. The number of hydrogen-bond acceptors (Lipinski definition) is 6. The SMILES string of the molecule is CCNC(=O)c1sc(CCc2c(-c3ccc(F)cn3)noc2C)nc1C. The van der Waals surface area contributed by atoms with Crippen molar-refractivity contribution in [3.63, 3.8) is 0 Å². The fourth-order valence-electron chi connectivity index (χ4n) is 2.65. The van der Waals surface area contributed by atoms with Crippen LogP contribution in [0.1, 0.15) is 38.6 Å². The molecule has 0 aromatic carbocycles. The second-order valence-corrected chi connectivity index (χ2v) is 6.89. The number of rotatable bonds is 6. The topological polar surface area (TPSA) is 80.9 Å². The van der Waals surface area contributed by atoms with Gasteiger partial charge in [0.05, 0.1) is 22.6 Å². The van der Waals surface area contributed by atoms with E-state index in [0.29, 0.717) is 41.4 Å². The van der Waals surface area contributed by atoms with Crippen LogP contribution in [-0.2, 0) is 12.8 Å². The van der Waals surface area contributed by atoms with Crippen molar-refractivity contribution in [1.29, 1.82) is 0 Å². The summed E-state index contributed by atoms with van der Waals surface area (Å²) in [6.45, 7) is 6.14. The van der Waals surface area contributed by atoms with Gasteiger partial charge in [0.15, 0.2) is 0 Å². The van der Waals surface area contributed by atoms with Gasteiger partial charge >= 0.3 is 0 Å². The molecule has 8 heteroatoms. The zero-order valence-corrected chi connectivity index (χ0v) is 15.6. The van der Waals surface area contributed by atoms with Crippen LogP contribution in [0.3, 0.4) is 0 Å². The van der Waals surface area contributed by atoms with E-state index < -0.39 is 5.82 Å². The quantitative estimate of drug-likeness (QED) is 0.714. The van der Waals surface area contributed by atoms with Crippen LogP contribution >= 0.6 is 11.3 Å². The van der Waals surface area contributed by atoms with Gasteiger partial charge in [-0.25, -0.2) is 9.37 Å². The molecule has 3 aromatic rings. The Morgan fingerprint density at radius 3 is 2.81 bits per heavy atom. The van der Waals surface area contributed by atoms with E-state index in [9.17, 15) is 9.18 Å². The molecule has 0 bridgehead atoms. The lowest BCUT2D eigenvalue weighted by molar-refractivity contribution is 0.0959. The summed E-state index contributed by atoms with van der Waals surface area (Å²) in [6.07, 6.45) is 2.46. The molecule has 26 heavy (non-hydrogen) atoms. The Hall–Kier alpha value is -2.61. The molecule has 3 heterocycles. The Balaban J connectivity index is 1.79. The molecular weight excluding hydrogens is 355 g/mol. The second kappa shape index (κ2) is 7.74. The highest BCUT2D eigenvalue weighted by atomic mass is 32.1. The standard InChI is InChI=1S/C18H19FN4O2S/c1-4-20-18(24)17-10(2)22-15(26-17)8-6-13-11(3)25-23-16(13)14-7-5-12(19)9-21-14/h5,7,9H,4,6,8H2,1-3H3,(H,20,24). The first-order valence-electron chi connectivity index (χ1n) is 8.31. The minimum atomic E-state index is -0.397. The molecule has 0 saturated heterocycles. The van der Waals surface area contributed by atoms with Crippen LogP contribution in [0.15, 0.2) is 22.9 Å². The molecule has 0 aliphatic heterocycles. The smallest absolute Gasteiger partial charge is 0.263 e. The number of aryl methyl sites for hydroxylation is 3. The van der Waals surface area contributed by atoms with Gasteiger partial charge in [0.25, 0.3) is 5.91 Å². The molecule has 0 spiro atoms. The summed E-state index contributed by atoms with van der Waals surface area (Å²) in [5.74, 6) is 0.209. The largest absolute Gasteiger partial charge is 0.361 e. The third kappa shape index (κ3) is 3.80. The van der Waals surface area contributed by atoms with E-state index in [4.69, 9.17) is 4.52 Å². The lowest BCUT2D eigenvalue weighted by atomic mass is 10.1. The van der Waals surface area contributed by atoms with Crippen LogP contribution < -0.4 is 5.32 Å². The van der Waals surface area contributed by atoms with Gasteiger partial charge in [0.2, 0.25) is 0 Å². The number of carbonyl (C=O) groups is 1. The summed E-state index contributed by atoms with van der Waals surface area (Å²) in [6, 6.07) is 2.93. The first kappa shape index (κ1) is 18.2. The molecule has 0 radical (unpaired) electrons. The maximum atomic E-state index is 13.1. The van der Waals surface area contributed by atoms with Crippen LogP contribution in [0.25, 0.3) is 11.4 Å². The number of thiazole rings is 1. The summed E-state index contributed by atoms with van der Waals surface area (Å²) in [4.78, 5) is 21.2. The Bertz CT molecular complexity index is 918. The van der Waals surface area contributed by atoms with E-state index in [1.54, 1.807) is 6.07 Å². The van der Waals surface area contributed by atoms with Crippen LogP contribution in [0.5, 0.6) is 0 Å². The van der Waals surface area contributed by atoms with E-state index in [-0.39, 0.29) is 5.91 Å². The monoisotopic (exact) mass is 374 g/mol. The molecule has 3 rings (SSSR count). The highest BCUT2D eigenvalue weighted by molar-refractivity contribution is 7.13. The fourth-order valence-corrected chi connectivity index (χ4v) is 3.63. The zero-order chi connectivity index (χ0) is 18.7. The number of hydrogen-bond donors (Lipinski definition) is 1. The average molecular weight is 374 g/mol. The van der Waals surface area contributed by atoms with Crippen LogP contribution in [0, 0.1) is 19.7 Å². The van der Waals surface area contributed by atoms with Crippen LogP contribution in [0.2, 0.25) is 0 Å². The minimum absolute atomic E-state index is 0.0916. The first-order valence-corrected chi connectivity index (χ1v) is 9.12. The molecule has 0 unspecified atom stereocenters. The highest BCUT2D eigenvalue weighted by Gasteiger charge is 2.18. The van der Waals surface area contributed by atoms with Gasteiger partial charge in [0, 0.05) is 18.5 Å². The number of carbonyl (C=O) groups excluding carboxylic acids is 1. The van der Waals surface area contributed by atoms with Crippen molar-refractivity contribution in [2.45, 2.75) is 33.6 Å². The van der Waals surface area contributed by atoms with E-state index in [1.165, 1.54) is 17.4 Å². The van der Waals surface area contributed by atoms with Crippen molar-refractivity contribution in [1.82, 2.24) is 20.4 Å². The molecule has 0 aliphatic carbocycles. The summed E-state index contributed by atoms with van der Waals surface area (Å²) >= 11 is 1.40. The molecule has 3 aromatic heterocycles. The van der Waals surface area contributed by atoms with Crippen molar-refractivity contribution in [2.24, 2.45) is 0 Å². The molecule has 1 amide bonds. The van der Waals surface area contributed by atoms with Crippen molar-refractivity contribution in [3.05, 3.63) is 51.0 Å². The Labute approximate surface area is 154 Å². The predicted molar refractivity (Wildman–Crippen MR) is 96.7 cm³/mol.